The zero-order chi connectivity index (χ0) is 12.5. The van der Waals surface area contributed by atoms with E-state index in [1.807, 2.05) is 0 Å². The van der Waals surface area contributed by atoms with Crippen molar-refractivity contribution in [1.82, 2.24) is 4.90 Å². The van der Waals surface area contributed by atoms with Gasteiger partial charge in [-0.3, -0.25) is 0 Å². The summed E-state index contributed by atoms with van der Waals surface area (Å²) in [6.07, 6.45) is 7.39. The molecule has 1 fully saturated rings. The van der Waals surface area contributed by atoms with Crippen LogP contribution < -0.4 is 5.73 Å². The highest BCUT2D eigenvalue weighted by Gasteiger charge is 2.23. The molecule has 0 amide bonds. The van der Waals surface area contributed by atoms with Gasteiger partial charge in [-0.2, -0.15) is 0 Å². The summed E-state index contributed by atoms with van der Waals surface area (Å²) in [7, 11) is 0. The molecule has 0 atom stereocenters. The van der Waals surface area contributed by atoms with Crippen molar-refractivity contribution in [2.75, 3.05) is 26.3 Å². The minimum atomic E-state index is 0.457. The molecular weight excluding hydrogens is 212 g/mol. The lowest BCUT2D eigenvalue weighted by atomic mass is 9.90. The Balaban J connectivity index is 2.26. The van der Waals surface area contributed by atoms with E-state index in [0.29, 0.717) is 6.04 Å². The summed E-state index contributed by atoms with van der Waals surface area (Å²) in [6.45, 7) is 8.49. The van der Waals surface area contributed by atoms with Crippen molar-refractivity contribution in [3.05, 3.63) is 0 Å². The van der Waals surface area contributed by atoms with E-state index in [0.717, 1.165) is 25.7 Å². The predicted molar refractivity (Wildman–Crippen MR) is 73.2 cm³/mol. The summed E-state index contributed by atoms with van der Waals surface area (Å²) in [4.78, 5) is 2.66. The molecule has 0 aromatic carbocycles. The number of hydrogen-bond acceptors (Lipinski definition) is 3. The van der Waals surface area contributed by atoms with Gasteiger partial charge in [0.1, 0.15) is 0 Å². The lowest BCUT2D eigenvalue weighted by Gasteiger charge is -2.36. The average Bonchev–Trinajstić information content (AvgIpc) is 2.34. The van der Waals surface area contributed by atoms with Crippen LogP contribution in [0.5, 0.6) is 0 Å². The number of nitrogens with two attached hydrogens (primary N) is 1. The van der Waals surface area contributed by atoms with E-state index in [2.05, 4.69) is 18.7 Å². The van der Waals surface area contributed by atoms with E-state index in [9.17, 15) is 0 Å². The molecule has 0 unspecified atom stereocenters. The smallest absolute Gasteiger partial charge is 0.0478 e. The number of nitrogens with zero attached hydrogens (tertiary/aromatic N) is 1. The Bertz CT molecular complexity index is 179. The van der Waals surface area contributed by atoms with Crippen molar-refractivity contribution in [1.29, 1.82) is 0 Å². The van der Waals surface area contributed by atoms with Crippen molar-refractivity contribution >= 4 is 0 Å². The lowest BCUT2D eigenvalue weighted by Crippen LogP contribution is -2.42. The molecule has 1 aliphatic carbocycles. The summed E-state index contributed by atoms with van der Waals surface area (Å²) >= 11 is 0. The Labute approximate surface area is 107 Å². The van der Waals surface area contributed by atoms with E-state index in [-0.39, 0.29) is 0 Å². The van der Waals surface area contributed by atoms with Gasteiger partial charge in [-0.1, -0.05) is 6.92 Å². The van der Waals surface area contributed by atoms with Gasteiger partial charge >= 0.3 is 0 Å². The monoisotopic (exact) mass is 242 g/mol. The Morgan fingerprint density at radius 3 is 2.41 bits per heavy atom. The standard InChI is InChI=1S/C14H30N2O/c1-3-10-16(11-5-12-17-4-2)14-8-6-13(15)7-9-14/h13-14H,3-12,15H2,1-2H3. The van der Waals surface area contributed by atoms with Crippen LogP contribution >= 0.6 is 0 Å². The van der Waals surface area contributed by atoms with Crippen LogP contribution in [0.4, 0.5) is 0 Å². The summed E-state index contributed by atoms with van der Waals surface area (Å²) in [6, 6.07) is 1.23. The lowest BCUT2D eigenvalue weighted by molar-refractivity contribution is 0.107. The van der Waals surface area contributed by atoms with Gasteiger partial charge in [-0.05, 0) is 52.0 Å². The first-order chi connectivity index (χ1) is 8.27. The molecule has 0 aromatic rings. The fraction of sp³-hybridized carbons (Fsp3) is 1.00. The van der Waals surface area contributed by atoms with Gasteiger partial charge in [0.05, 0.1) is 0 Å². The molecule has 1 saturated carbocycles. The van der Waals surface area contributed by atoms with Crippen LogP contribution in [0.25, 0.3) is 0 Å². The molecule has 2 N–H and O–H groups in total. The maximum absolute atomic E-state index is 5.97. The average molecular weight is 242 g/mol. The van der Waals surface area contributed by atoms with Crippen LogP contribution in [0, 0.1) is 0 Å². The molecular formula is C14H30N2O. The van der Waals surface area contributed by atoms with Crippen molar-refractivity contribution in [2.24, 2.45) is 5.73 Å². The highest BCUT2D eigenvalue weighted by atomic mass is 16.5. The van der Waals surface area contributed by atoms with E-state index in [1.165, 1.54) is 45.2 Å². The largest absolute Gasteiger partial charge is 0.382 e. The zero-order valence-electron chi connectivity index (χ0n) is 11.7. The SMILES string of the molecule is CCCN(CCCOCC)C1CCC(N)CC1. The highest BCUT2D eigenvalue weighted by molar-refractivity contribution is 4.81. The van der Waals surface area contributed by atoms with Crippen molar-refractivity contribution < 1.29 is 4.74 Å². The molecule has 0 aromatic heterocycles. The van der Waals surface area contributed by atoms with Gasteiger partial charge in [-0.15, -0.1) is 0 Å². The van der Waals surface area contributed by atoms with Crippen molar-refractivity contribution in [3.63, 3.8) is 0 Å². The molecule has 0 radical (unpaired) electrons. The van der Waals surface area contributed by atoms with Gasteiger partial charge < -0.3 is 15.4 Å². The first-order valence-corrected chi connectivity index (χ1v) is 7.35. The van der Waals surface area contributed by atoms with Crippen LogP contribution in [0.3, 0.4) is 0 Å². The van der Waals surface area contributed by atoms with E-state index in [4.69, 9.17) is 10.5 Å². The topological polar surface area (TPSA) is 38.5 Å². The Hall–Kier alpha value is -0.120. The van der Waals surface area contributed by atoms with Crippen LogP contribution in [0.15, 0.2) is 0 Å². The molecule has 0 heterocycles. The first kappa shape index (κ1) is 14.9. The molecule has 17 heavy (non-hydrogen) atoms. The molecule has 102 valence electrons. The Morgan fingerprint density at radius 1 is 1.12 bits per heavy atom. The molecule has 3 heteroatoms. The molecule has 0 saturated heterocycles. The molecule has 0 spiro atoms. The normalized spacial score (nSPS) is 25.4. The summed E-state index contributed by atoms with van der Waals surface area (Å²) in [5.74, 6) is 0. The fourth-order valence-corrected chi connectivity index (χ4v) is 2.74. The Kier molecular flexibility index (Phi) is 7.82. The van der Waals surface area contributed by atoms with Gasteiger partial charge in [0.25, 0.3) is 0 Å². The summed E-state index contributed by atoms with van der Waals surface area (Å²) in [5, 5.41) is 0. The van der Waals surface area contributed by atoms with E-state index < -0.39 is 0 Å². The maximum atomic E-state index is 5.97. The number of ether oxygens (including phenoxy) is 1. The van der Waals surface area contributed by atoms with Crippen LogP contribution in [-0.2, 0) is 4.74 Å². The number of rotatable bonds is 8. The third-order valence-electron chi connectivity index (χ3n) is 3.71. The van der Waals surface area contributed by atoms with E-state index >= 15 is 0 Å². The quantitative estimate of drug-likeness (QED) is 0.664. The maximum Gasteiger partial charge on any atom is 0.0478 e. The van der Waals surface area contributed by atoms with E-state index in [1.54, 1.807) is 0 Å². The summed E-state index contributed by atoms with van der Waals surface area (Å²) in [5.41, 5.74) is 5.97. The fourth-order valence-electron chi connectivity index (χ4n) is 2.74. The third kappa shape index (κ3) is 5.84. The van der Waals surface area contributed by atoms with Crippen molar-refractivity contribution in [2.45, 2.75) is 64.5 Å². The minimum Gasteiger partial charge on any atom is -0.382 e. The van der Waals surface area contributed by atoms with Crippen LogP contribution in [-0.4, -0.2) is 43.3 Å². The summed E-state index contributed by atoms with van der Waals surface area (Å²) < 4.78 is 5.42. The second kappa shape index (κ2) is 8.90. The third-order valence-corrected chi connectivity index (χ3v) is 3.71. The van der Waals surface area contributed by atoms with Gasteiger partial charge in [0, 0.05) is 31.8 Å². The molecule has 1 rings (SSSR count). The highest BCUT2D eigenvalue weighted by Crippen LogP contribution is 2.22. The predicted octanol–water partition coefficient (Wildman–Crippen LogP) is 2.39. The minimum absolute atomic E-state index is 0.457. The second-order valence-electron chi connectivity index (χ2n) is 5.16. The molecule has 0 bridgehead atoms. The molecule has 1 aliphatic rings. The van der Waals surface area contributed by atoms with Gasteiger partial charge in [0.15, 0.2) is 0 Å². The van der Waals surface area contributed by atoms with Gasteiger partial charge in [0.2, 0.25) is 0 Å². The van der Waals surface area contributed by atoms with Crippen LogP contribution in [0.1, 0.15) is 52.4 Å². The van der Waals surface area contributed by atoms with Gasteiger partial charge in [-0.25, -0.2) is 0 Å². The molecule has 3 nitrogen and oxygen atoms in total. The number of hydrogen-bond donors (Lipinski definition) is 1. The van der Waals surface area contributed by atoms with Crippen LogP contribution in [0.2, 0.25) is 0 Å². The molecule has 0 aliphatic heterocycles. The zero-order valence-corrected chi connectivity index (χ0v) is 11.7. The second-order valence-corrected chi connectivity index (χ2v) is 5.16. The Morgan fingerprint density at radius 2 is 1.82 bits per heavy atom. The first-order valence-electron chi connectivity index (χ1n) is 7.35. The van der Waals surface area contributed by atoms with Crippen molar-refractivity contribution in [3.8, 4) is 0 Å².